The highest BCUT2D eigenvalue weighted by atomic mass is 127. The van der Waals surface area contributed by atoms with Gasteiger partial charge in [-0.05, 0) is 22.6 Å². The summed E-state index contributed by atoms with van der Waals surface area (Å²) in [4.78, 5) is 3.11. The maximum Gasteiger partial charge on any atom is 0.208 e. The molecule has 0 heterocycles. The first kappa shape index (κ1) is 5.69. The van der Waals surface area contributed by atoms with Crippen LogP contribution >= 0.6 is 22.6 Å². The van der Waals surface area contributed by atoms with Gasteiger partial charge in [0, 0.05) is 0 Å². The maximum atomic E-state index is 7.71. The highest BCUT2D eigenvalue weighted by Crippen LogP contribution is 1.76. The third kappa shape index (κ3) is 3.69. The molecule has 0 aliphatic carbocycles. The van der Waals surface area contributed by atoms with E-state index in [9.17, 15) is 0 Å². The summed E-state index contributed by atoms with van der Waals surface area (Å²) in [5.74, 6) is 0. The lowest BCUT2D eigenvalue weighted by Crippen LogP contribution is -1.98. The van der Waals surface area contributed by atoms with Crippen molar-refractivity contribution in [2.75, 3.05) is 0 Å². The molecule has 2 N–H and O–H groups in total. The van der Waals surface area contributed by atoms with Crippen molar-refractivity contribution in [1.82, 2.24) is 0 Å². The topological polar surface area (TPSA) is 62.2 Å². The summed E-state index contributed by atoms with van der Waals surface area (Å²) in [6.45, 7) is 0. The van der Waals surface area contributed by atoms with Gasteiger partial charge in [0.1, 0.15) is 0 Å². The van der Waals surface area contributed by atoms with Gasteiger partial charge >= 0.3 is 0 Å². The van der Waals surface area contributed by atoms with E-state index in [0.29, 0.717) is 0 Å². The second-order valence-electron chi connectivity index (χ2n) is 0.535. The summed E-state index contributed by atoms with van der Waals surface area (Å²) < 4.78 is 0.273. The molecule has 0 spiro atoms. The summed E-state index contributed by atoms with van der Waals surface area (Å²) in [6.07, 6.45) is 1.52. The predicted octanol–water partition coefficient (Wildman–Crippen LogP) is 0.217. The molecular weight excluding hydrogens is 193 g/mol. The van der Waals surface area contributed by atoms with Gasteiger partial charge in [-0.2, -0.15) is 5.26 Å². The molecule has 0 aromatic carbocycles. The molecular formula is C2H2IN3. The Labute approximate surface area is 49.0 Å². The summed E-state index contributed by atoms with van der Waals surface area (Å²) in [5.41, 5.74) is 4.92. The predicted molar refractivity (Wildman–Crippen MR) is 31.3 cm³/mol. The van der Waals surface area contributed by atoms with Gasteiger partial charge in [-0.1, -0.05) is 0 Å². The van der Waals surface area contributed by atoms with Gasteiger partial charge < -0.3 is 5.73 Å². The lowest BCUT2D eigenvalue weighted by molar-refractivity contribution is 1.44. The molecule has 32 valence electrons. The average Bonchev–Trinajstić information content (AvgIpc) is 1.35. The van der Waals surface area contributed by atoms with Crippen molar-refractivity contribution in [1.29, 1.82) is 5.26 Å². The van der Waals surface area contributed by atoms with Gasteiger partial charge in [0.15, 0.2) is 3.84 Å². The van der Waals surface area contributed by atoms with Crippen LogP contribution in [0.4, 0.5) is 0 Å². The van der Waals surface area contributed by atoms with Crippen molar-refractivity contribution in [3.8, 4) is 6.19 Å². The van der Waals surface area contributed by atoms with Crippen molar-refractivity contribution in [3.05, 3.63) is 0 Å². The Morgan fingerprint density at radius 2 is 2.50 bits per heavy atom. The van der Waals surface area contributed by atoms with Crippen LogP contribution < -0.4 is 5.73 Å². The lowest BCUT2D eigenvalue weighted by atomic mass is 11.2. The Kier molecular flexibility index (Phi) is 2.75. The zero-order chi connectivity index (χ0) is 4.99. The molecule has 0 radical (unpaired) electrons. The lowest BCUT2D eigenvalue weighted by Gasteiger charge is -1.70. The number of aliphatic imine (C=N–C) groups is 1. The SMILES string of the molecule is N#CN=C(N)I. The molecule has 0 saturated carbocycles. The van der Waals surface area contributed by atoms with E-state index in [1.165, 1.54) is 6.19 Å². The van der Waals surface area contributed by atoms with Crippen molar-refractivity contribution >= 4 is 26.4 Å². The maximum absolute atomic E-state index is 7.71. The molecule has 0 aromatic rings. The molecule has 0 rings (SSSR count). The van der Waals surface area contributed by atoms with E-state index in [1.807, 2.05) is 0 Å². The fraction of sp³-hybridized carbons (Fsp3) is 0. The van der Waals surface area contributed by atoms with E-state index < -0.39 is 0 Å². The molecule has 4 heteroatoms. The Morgan fingerprint density at radius 1 is 2.00 bits per heavy atom. The standard InChI is InChI=1S/C2H2IN3/c3-2(5)6-1-4/h(H2,5,6). The minimum atomic E-state index is 0.273. The fourth-order valence-electron chi connectivity index (χ4n) is 0.0478. The second-order valence-corrected chi connectivity index (χ2v) is 1.64. The molecule has 0 aromatic heterocycles. The third-order valence-electron chi connectivity index (χ3n) is 0.157. The van der Waals surface area contributed by atoms with Crippen LogP contribution in [0.1, 0.15) is 0 Å². The smallest absolute Gasteiger partial charge is 0.208 e. The molecule has 6 heavy (non-hydrogen) atoms. The highest BCUT2D eigenvalue weighted by molar-refractivity contribution is 14.1. The van der Waals surface area contributed by atoms with E-state index in [2.05, 4.69) is 4.99 Å². The fourth-order valence-corrected chi connectivity index (χ4v) is 0.156. The number of hydrogen-bond acceptors (Lipinski definition) is 2. The van der Waals surface area contributed by atoms with E-state index in [0.717, 1.165) is 0 Å². The zero-order valence-corrected chi connectivity index (χ0v) is 5.01. The highest BCUT2D eigenvalue weighted by Gasteiger charge is 1.70. The van der Waals surface area contributed by atoms with Crippen LogP contribution in [0.15, 0.2) is 4.99 Å². The average molecular weight is 195 g/mol. The van der Waals surface area contributed by atoms with Gasteiger partial charge in [0.05, 0.1) is 0 Å². The largest absolute Gasteiger partial charge is 0.378 e. The van der Waals surface area contributed by atoms with Gasteiger partial charge in [-0.25, -0.2) is 0 Å². The number of halogens is 1. The Balaban J connectivity index is 3.51. The van der Waals surface area contributed by atoms with Crippen molar-refractivity contribution in [2.24, 2.45) is 10.7 Å². The summed E-state index contributed by atoms with van der Waals surface area (Å²) in [6, 6.07) is 0. The van der Waals surface area contributed by atoms with Crippen LogP contribution in [0.25, 0.3) is 0 Å². The van der Waals surface area contributed by atoms with E-state index in [4.69, 9.17) is 11.0 Å². The Morgan fingerprint density at radius 3 is 2.50 bits per heavy atom. The first-order valence-electron chi connectivity index (χ1n) is 1.15. The third-order valence-corrected chi connectivity index (χ3v) is 0.398. The van der Waals surface area contributed by atoms with Crippen LogP contribution in [0.3, 0.4) is 0 Å². The van der Waals surface area contributed by atoms with Crippen LogP contribution in [0, 0.1) is 11.5 Å². The Hall–Kier alpha value is -0.310. The number of nitrogens with zero attached hydrogens (tertiary/aromatic N) is 2. The van der Waals surface area contributed by atoms with Gasteiger partial charge in [0.25, 0.3) is 0 Å². The van der Waals surface area contributed by atoms with Crippen LogP contribution in [-0.2, 0) is 0 Å². The van der Waals surface area contributed by atoms with Crippen LogP contribution in [0.2, 0.25) is 0 Å². The number of rotatable bonds is 0. The molecule has 0 atom stereocenters. The molecule has 0 aliphatic heterocycles. The molecule has 0 saturated heterocycles. The van der Waals surface area contributed by atoms with Crippen LogP contribution in [-0.4, -0.2) is 3.84 Å². The molecule has 0 fully saturated rings. The number of hydrogen-bond donors (Lipinski definition) is 1. The van der Waals surface area contributed by atoms with Gasteiger partial charge in [-0.15, -0.1) is 4.99 Å². The molecule has 0 amide bonds. The van der Waals surface area contributed by atoms with Crippen LogP contribution in [0.5, 0.6) is 0 Å². The minimum absolute atomic E-state index is 0.273. The van der Waals surface area contributed by atoms with Gasteiger partial charge in [-0.3, -0.25) is 0 Å². The summed E-state index contributed by atoms with van der Waals surface area (Å²) in [5, 5.41) is 7.71. The normalized spacial score (nSPS) is 10.3. The number of nitriles is 1. The molecule has 0 bridgehead atoms. The van der Waals surface area contributed by atoms with E-state index in [-0.39, 0.29) is 3.84 Å². The summed E-state index contributed by atoms with van der Waals surface area (Å²) >= 11 is 1.75. The molecule has 0 aliphatic rings. The van der Waals surface area contributed by atoms with Gasteiger partial charge in [0.2, 0.25) is 6.19 Å². The van der Waals surface area contributed by atoms with E-state index in [1.54, 1.807) is 22.6 Å². The quantitative estimate of drug-likeness (QED) is 0.197. The zero-order valence-electron chi connectivity index (χ0n) is 2.85. The second kappa shape index (κ2) is 2.90. The number of amidine groups is 1. The Bertz CT molecular complexity index is 95.9. The minimum Gasteiger partial charge on any atom is -0.378 e. The first-order valence-corrected chi connectivity index (χ1v) is 2.23. The first-order chi connectivity index (χ1) is 2.77. The molecule has 0 unspecified atom stereocenters. The number of nitrogens with two attached hydrogens (primary N) is 1. The summed E-state index contributed by atoms with van der Waals surface area (Å²) in [7, 11) is 0. The molecule has 3 nitrogen and oxygen atoms in total. The van der Waals surface area contributed by atoms with Crippen molar-refractivity contribution in [2.45, 2.75) is 0 Å². The monoisotopic (exact) mass is 195 g/mol. The van der Waals surface area contributed by atoms with Crippen molar-refractivity contribution in [3.63, 3.8) is 0 Å². The van der Waals surface area contributed by atoms with Crippen molar-refractivity contribution < 1.29 is 0 Å². The van der Waals surface area contributed by atoms with E-state index >= 15 is 0 Å².